The second-order valence-electron chi connectivity index (χ2n) is 8.76. The molecule has 0 atom stereocenters. The first-order valence-corrected chi connectivity index (χ1v) is 12.8. The van der Waals surface area contributed by atoms with Gasteiger partial charge in [0.2, 0.25) is 5.91 Å². The Bertz CT molecular complexity index is 1070. The van der Waals surface area contributed by atoms with Gasteiger partial charge in [0.15, 0.2) is 0 Å². The Labute approximate surface area is 189 Å². The van der Waals surface area contributed by atoms with E-state index in [9.17, 15) is 17.6 Å². The molecule has 1 aromatic carbocycles. The van der Waals surface area contributed by atoms with Crippen molar-refractivity contribution in [1.29, 1.82) is 0 Å². The van der Waals surface area contributed by atoms with Gasteiger partial charge in [-0.3, -0.25) is 4.79 Å². The number of amidine groups is 1. The molecule has 1 fully saturated rings. The number of rotatable bonds is 5. The first-order chi connectivity index (χ1) is 15.3. The number of benzene rings is 1. The summed E-state index contributed by atoms with van der Waals surface area (Å²) in [7, 11) is -3.83. The van der Waals surface area contributed by atoms with E-state index in [2.05, 4.69) is 15.8 Å². The third-order valence-electron chi connectivity index (χ3n) is 6.54. The molecule has 1 saturated heterocycles. The lowest BCUT2D eigenvalue weighted by molar-refractivity contribution is -0.126. The number of nitrogens with zero attached hydrogens (tertiary/aromatic N) is 2. The van der Waals surface area contributed by atoms with Gasteiger partial charge >= 0.3 is 0 Å². The van der Waals surface area contributed by atoms with Gasteiger partial charge in [-0.25, -0.2) is 4.39 Å². The maximum Gasteiger partial charge on any atom is 0.285 e. The number of halogens is 1. The predicted octanol–water partition coefficient (Wildman–Crippen LogP) is 4.02. The largest absolute Gasteiger partial charge is 0.356 e. The standard InChI is InChI=1S/C24H30FN3O3S/c1-17-22(19-7-9-21(25)10-8-19)32(30,31)27-23(17)28-15-12-20(13-16-28)24(29)26-14-11-18-5-3-2-4-6-18/h5,7-10,20H,2-4,6,11-16H2,1H3,(H,26,29). The Morgan fingerprint density at radius 1 is 1.19 bits per heavy atom. The average Bonchev–Trinajstić information content (AvgIpc) is 3.04. The van der Waals surface area contributed by atoms with Crippen LogP contribution in [0.1, 0.15) is 57.4 Å². The van der Waals surface area contributed by atoms with Crippen LogP contribution in [-0.2, 0) is 14.8 Å². The minimum Gasteiger partial charge on any atom is -0.356 e. The van der Waals surface area contributed by atoms with E-state index < -0.39 is 15.8 Å². The topological polar surface area (TPSA) is 78.8 Å². The van der Waals surface area contributed by atoms with Gasteiger partial charge in [0, 0.05) is 31.1 Å². The summed E-state index contributed by atoms with van der Waals surface area (Å²) in [6, 6.07) is 5.42. The molecule has 0 radical (unpaired) electrons. The molecule has 8 heteroatoms. The summed E-state index contributed by atoms with van der Waals surface area (Å²) in [4.78, 5) is 14.7. The molecule has 6 nitrogen and oxygen atoms in total. The number of hydrogen-bond donors (Lipinski definition) is 1. The molecule has 3 aliphatic rings. The number of hydrogen-bond acceptors (Lipinski definition) is 4. The van der Waals surface area contributed by atoms with Crippen molar-refractivity contribution in [2.45, 2.75) is 51.9 Å². The van der Waals surface area contributed by atoms with Gasteiger partial charge in [-0.1, -0.05) is 23.8 Å². The molecule has 0 unspecified atom stereocenters. The van der Waals surface area contributed by atoms with Gasteiger partial charge in [-0.15, -0.1) is 4.40 Å². The van der Waals surface area contributed by atoms with E-state index in [1.54, 1.807) is 6.92 Å². The van der Waals surface area contributed by atoms with Crippen molar-refractivity contribution in [2.75, 3.05) is 19.6 Å². The molecule has 172 valence electrons. The second kappa shape index (κ2) is 9.57. The fourth-order valence-corrected chi connectivity index (χ4v) is 6.24. The Hall–Kier alpha value is -2.48. The summed E-state index contributed by atoms with van der Waals surface area (Å²) in [6.07, 6.45) is 9.36. The number of nitrogens with one attached hydrogen (secondary N) is 1. The van der Waals surface area contributed by atoms with Crippen molar-refractivity contribution in [1.82, 2.24) is 10.2 Å². The van der Waals surface area contributed by atoms with Crippen LogP contribution in [0.2, 0.25) is 0 Å². The van der Waals surface area contributed by atoms with Crippen LogP contribution in [0.4, 0.5) is 4.39 Å². The molecule has 0 spiro atoms. The third kappa shape index (κ3) is 4.95. The lowest BCUT2D eigenvalue weighted by Gasteiger charge is -2.33. The van der Waals surface area contributed by atoms with Gasteiger partial charge < -0.3 is 10.2 Å². The average molecular weight is 460 g/mol. The number of allylic oxidation sites excluding steroid dienone is 1. The van der Waals surface area contributed by atoms with Gasteiger partial charge in [0.05, 0.1) is 0 Å². The highest BCUT2D eigenvalue weighted by atomic mass is 32.2. The van der Waals surface area contributed by atoms with E-state index in [4.69, 9.17) is 0 Å². The molecule has 1 amide bonds. The second-order valence-corrected chi connectivity index (χ2v) is 10.3. The molecular weight excluding hydrogens is 429 g/mol. The minimum absolute atomic E-state index is 0.0638. The van der Waals surface area contributed by atoms with Crippen LogP contribution in [0.5, 0.6) is 0 Å². The van der Waals surface area contributed by atoms with Gasteiger partial charge in [-0.05, 0) is 69.6 Å². The van der Waals surface area contributed by atoms with Crippen LogP contribution < -0.4 is 5.32 Å². The Morgan fingerprint density at radius 3 is 2.56 bits per heavy atom. The highest BCUT2D eigenvalue weighted by molar-refractivity contribution is 8.00. The SMILES string of the molecule is CC1=C(c2ccc(F)cc2)S(=O)(=O)N=C1N1CCC(C(=O)NCCC2=CCCCC2)CC1. The lowest BCUT2D eigenvalue weighted by Crippen LogP contribution is -2.43. The number of likely N-dealkylation sites (tertiary alicyclic amines) is 1. The van der Waals surface area contributed by atoms with Crippen LogP contribution >= 0.6 is 0 Å². The molecule has 1 aromatic rings. The van der Waals surface area contributed by atoms with Crippen LogP contribution in [0.25, 0.3) is 4.91 Å². The van der Waals surface area contributed by atoms with Gasteiger partial charge in [-0.2, -0.15) is 8.42 Å². The van der Waals surface area contributed by atoms with E-state index in [-0.39, 0.29) is 16.7 Å². The highest BCUT2D eigenvalue weighted by Crippen LogP contribution is 2.34. The molecule has 4 rings (SSSR count). The van der Waals surface area contributed by atoms with Crippen molar-refractivity contribution in [3.63, 3.8) is 0 Å². The molecule has 32 heavy (non-hydrogen) atoms. The zero-order valence-electron chi connectivity index (χ0n) is 18.4. The number of carbonyl (C=O) groups excluding carboxylic acids is 1. The van der Waals surface area contributed by atoms with Crippen molar-refractivity contribution in [3.05, 3.63) is 52.9 Å². The molecular formula is C24H30FN3O3S. The first-order valence-electron chi connectivity index (χ1n) is 11.4. The minimum atomic E-state index is -3.83. The quantitative estimate of drug-likeness (QED) is 0.675. The van der Waals surface area contributed by atoms with Crippen LogP contribution in [0.3, 0.4) is 0 Å². The molecule has 0 saturated carbocycles. The summed E-state index contributed by atoms with van der Waals surface area (Å²) in [6.45, 7) is 3.57. The number of amides is 1. The predicted molar refractivity (Wildman–Crippen MR) is 124 cm³/mol. The Kier molecular flexibility index (Phi) is 6.79. The summed E-state index contributed by atoms with van der Waals surface area (Å²) in [5, 5.41) is 3.07. The highest BCUT2D eigenvalue weighted by Gasteiger charge is 2.35. The molecule has 0 aromatic heterocycles. The van der Waals surface area contributed by atoms with E-state index in [1.807, 2.05) is 4.90 Å². The molecule has 0 bridgehead atoms. The van der Waals surface area contributed by atoms with E-state index in [0.29, 0.717) is 49.4 Å². The number of carbonyl (C=O) groups is 1. The zero-order chi connectivity index (χ0) is 22.7. The Morgan fingerprint density at radius 2 is 1.91 bits per heavy atom. The summed E-state index contributed by atoms with van der Waals surface area (Å²) < 4.78 is 42.7. The fraction of sp³-hybridized carbons (Fsp3) is 0.500. The monoisotopic (exact) mass is 459 g/mol. The van der Waals surface area contributed by atoms with Crippen LogP contribution in [0, 0.1) is 11.7 Å². The molecule has 2 heterocycles. The summed E-state index contributed by atoms with van der Waals surface area (Å²) >= 11 is 0. The summed E-state index contributed by atoms with van der Waals surface area (Å²) in [5.74, 6) is 0.0409. The normalized spacial score (nSPS) is 21.4. The van der Waals surface area contributed by atoms with E-state index >= 15 is 0 Å². The van der Waals surface area contributed by atoms with Crippen molar-refractivity contribution in [2.24, 2.45) is 10.3 Å². The van der Waals surface area contributed by atoms with Crippen LogP contribution in [-0.4, -0.2) is 44.7 Å². The molecule has 1 N–H and O–H groups in total. The number of sulfonamides is 1. The smallest absolute Gasteiger partial charge is 0.285 e. The van der Waals surface area contributed by atoms with Crippen molar-refractivity contribution >= 4 is 26.7 Å². The zero-order valence-corrected chi connectivity index (χ0v) is 19.3. The van der Waals surface area contributed by atoms with Crippen LogP contribution in [0.15, 0.2) is 45.9 Å². The Balaban J connectivity index is 1.35. The van der Waals surface area contributed by atoms with E-state index in [0.717, 1.165) is 19.3 Å². The van der Waals surface area contributed by atoms with Gasteiger partial charge in [0.25, 0.3) is 10.0 Å². The third-order valence-corrected chi connectivity index (χ3v) is 8.01. The molecule has 1 aliphatic carbocycles. The van der Waals surface area contributed by atoms with Crippen molar-refractivity contribution in [3.8, 4) is 0 Å². The summed E-state index contributed by atoms with van der Waals surface area (Å²) in [5.41, 5.74) is 2.45. The van der Waals surface area contributed by atoms with Gasteiger partial charge in [0.1, 0.15) is 16.6 Å². The maximum atomic E-state index is 13.3. The molecule has 2 aliphatic heterocycles. The maximum absolute atomic E-state index is 13.3. The fourth-order valence-electron chi connectivity index (χ4n) is 4.76. The van der Waals surface area contributed by atoms with Crippen molar-refractivity contribution < 1.29 is 17.6 Å². The number of piperidine rings is 1. The van der Waals surface area contributed by atoms with E-state index in [1.165, 1.54) is 42.7 Å². The first kappa shape index (κ1) is 22.7. The lowest BCUT2D eigenvalue weighted by atomic mass is 9.94.